The van der Waals surface area contributed by atoms with Gasteiger partial charge in [-0.15, -0.1) is 0 Å². The zero-order chi connectivity index (χ0) is 20.8. The van der Waals surface area contributed by atoms with E-state index in [1.807, 2.05) is 11.0 Å². The van der Waals surface area contributed by atoms with Gasteiger partial charge in [0.15, 0.2) is 0 Å². The van der Waals surface area contributed by atoms with Crippen LogP contribution in [0.1, 0.15) is 18.4 Å². The highest BCUT2D eigenvalue weighted by atomic mass is 19.3. The van der Waals surface area contributed by atoms with Crippen molar-refractivity contribution in [1.29, 1.82) is 5.26 Å². The molecule has 6 nitrogen and oxygen atoms in total. The number of piperidine rings is 1. The third kappa shape index (κ3) is 5.38. The van der Waals surface area contributed by atoms with Crippen LogP contribution >= 0.6 is 0 Å². The number of carbonyl (C=O) groups excluding carboxylic acids is 1. The molecule has 1 aromatic carbocycles. The third-order valence-corrected chi connectivity index (χ3v) is 4.63. The van der Waals surface area contributed by atoms with E-state index in [2.05, 4.69) is 10.3 Å². The Morgan fingerprint density at radius 3 is 2.69 bits per heavy atom. The minimum absolute atomic E-state index is 0.127. The number of halogens is 3. The predicted octanol–water partition coefficient (Wildman–Crippen LogP) is 3.59. The van der Waals surface area contributed by atoms with Crippen molar-refractivity contribution in [3.05, 3.63) is 47.9 Å². The summed E-state index contributed by atoms with van der Waals surface area (Å²) in [4.78, 5) is 18.9. The number of rotatable bonds is 6. The number of carbonyl (C=O) groups is 1. The molecular weight excluding hydrogens is 385 g/mol. The Morgan fingerprint density at radius 1 is 1.31 bits per heavy atom. The number of benzene rings is 1. The number of nitrogens with one attached hydrogen (secondary N) is 1. The molecule has 1 aliphatic rings. The molecule has 0 unspecified atom stereocenters. The molecule has 3 rings (SSSR count). The summed E-state index contributed by atoms with van der Waals surface area (Å²) in [5.41, 5.74) is 0.639. The second-order valence-electron chi connectivity index (χ2n) is 6.61. The topological polar surface area (TPSA) is 78.2 Å². The first kappa shape index (κ1) is 20.5. The standard InChI is InChI=1S/C20H19F3N4O2/c21-15-2-3-16(17(9-15)29-12-18(22)23)26-20(28)14-5-7-27(8-6-14)19-4-1-13(10-24)11-25-19/h1-4,9,11,14,18H,5-8,12H2,(H,26,28). The van der Waals surface area contributed by atoms with Crippen LogP contribution in [0.25, 0.3) is 0 Å². The average Bonchev–Trinajstić information content (AvgIpc) is 2.74. The fourth-order valence-corrected chi connectivity index (χ4v) is 3.12. The molecule has 1 aliphatic heterocycles. The summed E-state index contributed by atoms with van der Waals surface area (Å²) >= 11 is 0. The number of amides is 1. The first-order chi connectivity index (χ1) is 14.0. The maximum atomic E-state index is 13.4. The van der Waals surface area contributed by atoms with Crippen LogP contribution in [0.5, 0.6) is 5.75 Å². The molecule has 0 spiro atoms. The van der Waals surface area contributed by atoms with Crippen molar-refractivity contribution in [3.63, 3.8) is 0 Å². The van der Waals surface area contributed by atoms with Crippen molar-refractivity contribution in [1.82, 2.24) is 4.98 Å². The molecular formula is C20H19F3N4O2. The minimum atomic E-state index is -2.71. The lowest BCUT2D eigenvalue weighted by atomic mass is 9.95. The number of anilines is 2. The van der Waals surface area contributed by atoms with Gasteiger partial charge in [0, 0.05) is 31.3 Å². The van der Waals surface area contributed by atoms with Gasteiger partial charge < -0.3 is 15.0 Å². The van der Waals surface area contributed by atoms with Crippen LogP contribution in [0.4, 0.5) is 24.7 Å². The predicted molar refractivity (Wildman–Crippen MR) is 100 cm³/mol. The van der Waals surface area contributed by atoms with Gasteiger partial charge >= 0.3 is 0 Å². The van der Waals surface area contributed by atoms with Crippen molar-refractivity contribution in [2.24, 2.45) is 5.92 Å². The number of hydrogen-bond donors (Lipinski definition) is 1. The van der Waals surface area contributed by atoms with E-state index in [1.165, 1.54) is 12.3 Å². The van der Waals surface area contributed by atoms with Crippen LogP contribution in [0, 0.1) is 23.1 Å². The van der Waals surface area contributed by atoms with Gasteiger partial charge in [-0.3, -0.25) is 4.79 Å². The first-order valence-corrected chi connectivity index (χ1v) is 9.08. The Balaban J connectivity index is 1.59. The smallest absolute Gasteiger partial charge is 0.272 e. The average molecular weight is 404 g/mol. The third-order valence-electron chi connectivity index (χ3n) is 4.63. The Kier molecular flexibility index (Phi) is 6.54. The van der Waals surface area contributed by atoms with Gasteiger partial charge in [-0.2, -0.15) is 5.26 Å². The van der Waals surface area contributed by atoms with Crippen LogP contribution in [0.3, 0.4) is 0 Å². The first-order valence-electron chi connectivity index (χ1n) is 9.08. The molecule has 152 valence electrons. The highest BCUT2D eigenvalue weighted by Gasteiger charge is 2.26. The molecule has 0 radical (unpaired) electrons. The quantitative estimate of drug-likeness (QED) is 0.796. The normalized spacial score (nSPS) is 14.5. The van der Waals surface area contributed by atoms with Gasteiger partial charge in [-0.05, 0) is 37.1 Å². The molecule has 1 amide bonds. The lowest BCUT2D eigenvalue weighted by Gasteiger charge is -2.32. The Labute approximate surface area is 165 Å². The molecule has 1 aromatic heterocycles. The van der Waals surface area contributed by atoms with Crippen molar-refractivity contribution >= 4 is 17.4 Å². The molecule has 1 saturated heterocycles. The summed E-state index contributed by atoms with van der Waals surface area (Å²) in [5, 5.41) is 11.5. The Bertz CT molecular complexity index is 892. The summed E-state index contributed by atoms with van der Waals surface area (Å²) in [6.45, 7) is 0.326. The van der Waals surface area contributed by atoms with Crippen LogP contribution in [-0.2, 0) is 4.79 Å². The van der Waals surface area contributed by atoms with Crippen molar-refractivity contribution in [2.75, 3.05) is 29.9 Å². The molecule has 29 heavy (non-hydrogen) atoms. The van der Waals surface area contributed by atoms with E-state index in [0.29, 0.717) is 31.5 Å². The Morgan fingerprint density at radius 2 is 2.07 bits per heavy atom. The molecule has 2 heterocycles. The zero-order valence-electron chi connectivity index (χ0n) is 15.4. The summed E-state index contributed by atoms with van der Waals surface area (Å²) in [6.07, 6.45) is -0.0602. The number of hydrogen-bond acceptors (Lipinski definition) is 5. The summed E-state index contributed by atoms with van der Waals surface area (Å²) in [6, 6.07) is 8.87. The SMILES string of the molecule is N#Cc1ccc(N2CCC(C(=O)Nc3ccc(F)cc3OCC(F)F)CC2)nc1. The van der Waals surface area contributed by atoms with Gasteiger partial charge in [0.25, 0.3) is 6.43 Å². The van der Waals surface area contributed by atoms with Gasteiger partial charge in [0.05, 0.1) is 11.3 Å². The molecule has 0 atom stereocenters. The number of nitriles is 1. The van der Waals surface area contributed by atoms with E-state index in [0.717, 1.165) is 18.0 Å². The largest absolute Gasteiger partial charge is 0.485 e. The molecule has 0 saturated carbocycles. The van der Waals surface area contributed by atoms with Crippen molar-refractivity contribution < 1.29 is 22.7 Å². The Hall–Kier alpha value is -3.28. The lowest BCUT2D eigenvalue weighted by molar-refractivity contribution is -0.120. The number of aromatic nitrogens is 1. The molecule has 0 bridgehead atoms. The fraction of sp³-hybridized carbons (Fsp3) is 0.350. The molecule has 1 fully saturated rings. The molecule has 0 aliphatic carbocycles. The van der Waals surface area contributed by atoms with Crippen molar-refractivity contribution in [3.8, 4) is 11.8 Å². The highest BCUT2D eigenvalue weighted by Crippen LogP contribution is 2.28. The minimum Gasteiger partial charge on any atom is -0.485 e. The monoisotopic (exact) mass is 404 g/mol. The summed E-state index contributed by atoms with van der Waals surface area (Å²) in [5.74, 6) is -0.582. The van der Waals surface area contributed by atoms with Crippen LogP contribution in [0.15, 0.2) is 36.5 Å². The van der Waals surface area contributed by atoms with Crippen LogP contribution in [0.2, 0.25) is 0 Å². The van der Waals surface area contributed by atoms with E-state index < -0.39 is 18.8 Å². The molecule has 9 heteroatoms. The molecule has 1 N–H and O–H groups in total. The second kappa shape index (κ2) is 9.28. The second-order valence-corrected chi connectivity index (χ2v) is 6.61. The number of nitrogens with zero attached hydrogens (tertiary/aromatic N) is 3. The number of alkyl halides is 2. The maximum absolute atomic E-state index is 13.4. The highest BCUT2D eigenvalue weighted by molar-refractivity contribution is 5.94. The zero-order valence-corrected chi connectivity index (χ0v) is 15.4. The van der Waals surface area contributed by atoms with Crippen LogP contribution in [-0.4, -0.2) is 37.0 Å². The van der Waals surface area contributed by atoms with Gasteiger partial charge in [0.1, 0.15) is 30.1 Å². The van der Waals surface area contributed by atoms with Gasteiger partial charge in [-0.25, -0.2) is 18.2 Å². The summed E-state index contributed by atoms with van der Waals surface area (Å²) < 4.78 is 43.1. The van der Waals surface area contributed by atoms with Crippen molar-refractivity contribution in [2.45, 2.75) is 19.3 Å². The number of ether oxygens (including phenoxy) is 1. The fourth-order valence-electron chi connectivity index (χ4n) is 3.12. The van der Waals surface area contributed by atoms with Gasteiger partial charge in [0.2, 0.25) is 5.91 Å². The lowest BCUT2D eigenvalue weighted by Crippen LogP contribution is -2.38. The summed E-state index contributed by atoms with van der Waals surface area (Å²) in [7, 11) is 0. The van der Waals surface area contributed by atoms with E-state index in [4.69, 9.17) is 10.00 Å². The van der Waals surface area contributed by atoms with E-state index in [9.17, 15) is 18.0 Å². The molecule has 2 aromatic rings. The van der Waals surface area contributed by atoms with E-state index in [-0.39, 0.29) is 23.3 Å². The number of pyridine rings is 1. The van der Waals surface area contributed by atoms with E-state index >= 15 is 0 Å². The maximum Gasteiger partial charge on any atom is 0.272 e. The van der Waals surface area contributed by atoms with E-state index in [1.54, 1.807) is 12.1 Å². The van der Waals surface area contributed by atoms with Crippen LogP contribution < -0.4 is 15.0 Å². The van der Waals surface area contributed by atoms with Gasteiger partial charge in [-0.1, -0.05) is 0 Å².